The highest BCUT2D eigenvalue weighted by molar-refractivity contribution is 5.95. The lowest BCUT2D eigenvalue weighted by Crippen LogP contribution is -2.56. The zero-order chi connectivity index (χ0) is 17.1. The highest BCUT2D eigenvalue weighted by atomic mass is 35.5. The third-order valence-corrected chi connectivity index (χ3v) is 4.66. The Kier molecular flexibility index (Phi) is 6.72. The van der Waals surface area contributed by atoms with Gasteiger partial charge in [-0.1, -0.05) is 12.5 Å². The highest BCUT2D eigenvalue weighted by Gasteiger charge is 2.31. The van der Waals surface area contributed by atoms with E-state index in [1.807, 2.05) is 0 Å². The molecule has 1 aromatic carbocycles. The van der Waals surface area contributed by atoms with Crippen molar-refractivity contribution in [3.05, 3.63) is 35.4 Å². The molecule has 0 saturated carbocycles. The minimum atomic E-state index is -0.857. The Morgan fingerprint density at radius 2 is 1.60 bits per heavy atom. The van der Waals surface area contributed by atoms with Crippen LogP contribution >= 0.6 is 12.4 Å². The fourth-order valence-corrected chi connectivity index (χ4v) is 3.27. The van der Waals surface area contributed by atoms with Gasteiger partial charge in [-0.2, -0.15) is 0 Å². The molecule has 2 heterocycles. The lowest BCUT2D eigenvalue weighted by molar-refractivity contribution is -0.135. The highest BCUT2D eigenvalue weighted by Crippen LogP contribution is 2.17. The SMILES string of the molecule is Cl.O=C(c1c(F)cccc1F)N1CCN(C(=O)C2CCCCN2)CC1. The fourth-order valence-electron chi connectivity index (χ4n) is 3.27. The molecule has 2 fully saturated rings. The quantitative estimate of drug-likeness (QED) is 0.860. The number of nitrogens with one attached hydrogen (secondary N) is 1. The van der Waals surface area contributed by atoms with E-state index < -0.39 is 23.1 Å². The molecule has 3 rings (SSSR count). The molecule has 2 amide bonds. The van der Waals surface area contributed by atoms with Gasteiger partial charge < -0.3 is 15.1 Å². The number of piperidine rings is 1. The number of carbonyl (C=O) groups excluding carboxylic acids is 2. The Balaban J connectivity index is 0.00000225. The maximum atomic E-state index is 13.7. The molecule has 1 aromatic rings. The zero-order valence-corrected chi connectivity index (χ0v) is 14.7. The molecule has 5 nitrogen and oxygen atoms in total. The largest absolute Gasteiger partial charge is 0.338 e. The van der Waals surface area contributed by atoms with Crippen molar-refractivity contribution in [3.8, 4) is 0 Å². The van der Waals surface area contributed by atoms with Gasteiger partial charge in [0, 0.05) is 26.2 Å². The molecule has 1 unspecified atom stereocenters. The minimum Gasteiger partial charge on any atom is -0.338 e. The van der Waals surface area contributed by atoms with Crippen molar-refractivity contribution < 1.29 is 18.4 Å². The zero-order valence-electron chi connectivity index (χ0n) is 13.8. The van der Waals surface area contributed by atoms with E-state index in [-0.39, 0.29) is 37.4 Å². The number of hydrogen-bond donors (Lipinski definition) is 1. The van der Waals surface area contributed by atoms with Crippen LogP contribution in [-0.2, 0) is 4.79 Å². The first-order valence-corrected chi connectivity index (χ1v) is 8.33. The predicted octanol–water partition coefficient (Wildman–Crippen LogP) is 1.81. The molecule has 0 aliphatic carbocycles. The smallest absolute Gasteiger partial charge is 0.259 e. The number of benzene rings is 1. The Bertz CT molecular complexity index is 610. The molecule has 2 aliphatic heterocycles. The van der Waals surface area contributed by atoms with E-state index in [1.165, 1.54) is 11.0 Å². The summed E-state index contributed by atoms with van der Waals surface area (Å²) in [6, 6.07) is 3.23. The van der Waals surface area contributed by atoms with Crippen molar-refractivity contribution in [3.63, 3.8) is 0 Å². The number of amides is 2. The van der Waals surface area contributed by atoms with Gasteiger partial charge >= 0.3 is 0 Å². The van der Waals surface area contributed by atoms with Crippen molar-refractivity contribution >= 4 is 24.2 Å². The van der Waals surface area contributed by atoms with Crippen molar-refractivity contribution in [2.45, 2.75) is 25.3 Å². The summed E-state index contributed by atoms with van der Waals surface area (Å²) in [5.74, 6) is -2.32. The maximum absolute atomic E-state index is 13.7. The number of hydrogen-bond acceptors (Lipinski definition) is 3. The summed E-state index contributed by atoms with van der Waals surface area (Å²) in [5, 5.41) is 3.22. The molecule has 2 saturated heterocycles. The summed E-state index contributed by atoms with van der Waals surface area (Å²) < 4.78 is 27.5. The second-order valence-electron chi connectivity index (χ2n) is 6.22. The second kappa shape index (κ2) is 8.58. The van der Waals surface area contributed by atoms with Crippen LogP contribution in [0, 0.1) is 11.6 Å². The molecule has 0 bridgehead atoms. The van der Waals surface area contributed by atoms with Gasteiger partial charge in [0.1, 0.15) is 17.2 Å². The van der Waals surface area contributed by atoms with E-state index in [0.29, 0.717) is 13.1 Å². The maximum Gasteiger partial charge on any atom is 0.259 e. The Morgan fingerprint density at radius 3 is 2.16 bits per heavy atom. The van der Waals surface area contributed by atoms with Crippen molar-refractivity contribution in [2.75, 3.05) is 32.7 Å². The summed E-state index contributed by atoms with van der Waals surface area (Å²) in [5.41, 5.74) is -0.522. The average Bonchev–Trinajstić information content (AvgIpc) is 2.62. The van der Waals surface area contributed by atoms with E-state index in [0.717, 1.165) is 37.9 Å². The van der Waals surface area contributed by atoms with Crippen LogP contribution in [0.5, 0.6) is 0 Å². The number of halogens is 3. The van der Waals surface area contributed by atoms with Gasteiger partial charge in [-0.05, 0) is 31.5 Å². The first-order valence-electron chi connectivity index (χ1n) is 8.33. The van der Waals surface area contributed by atoms with E-state index in [4.69, 9.17) is 0 Å². The molecule has 1 atom stereocenters. The van der Waals surface area contributed by atoms with Gasteiger partial charge in [-0.25, -0.2) is 8.78 Å². The molecule has 8 heteroatoms. The van der Waals surface area contributed by atoms with Crippen molar-refractivity contribution in [2.24, 2.45) is 0 Å². The van der Waals surface area contributed by atoms with Crippen LogP contribution < -0.4 is 5.32 Å². The van der Waals surface area contributed by atoms with Crippen molar-refractivity contribution in [1.29, 1.82) is 0 Å². The molecular weight excluding hydrogens is 352 g/mol. The molecule has 1 N–H and O–H groups in total. The van der Waals surface area contributed by atoms with Crippen LogP contribution in [0.4, 0.5) is 8.78 Å². The van der Waals surface area contributed by atoms with Gasteiger partial charge in [0.2, 0.25) is 5.91 Å². The summed E-state index contributed by atoms with van der Waals surface area (Å²) in [6.07, 6.45) is 2.95. The molecule has 25 heavy (non-hydrogen) atoms. The number of rotatable bonds is 2. The molecule has 2 aliphatic rings. The lowest BCUT2D eigenvalue weighted by atomic mass is 10.0. The summed E-state index contributed by atoms with van der Waals surface area (Å²) in [7, 11) is 0. The van der Waals surface area contributed by atoms with Gasteiger partial charge in [0.15, 0.2) is 0 Å². The van der Waals surface area contributed by atoms with Crippen LogP contribution in [0.2, 0.25) is 0 Å². The van der Waals surface area contributed by atoms with E-state index in [9.17, 15) is 18.4 Å². The summed E-state index contributed by atoms with van der Waals surface area (Å²) >= 11 is 0. The van der Waals surface area contributed by atoms with Crippen LogP contribution in [-0.4, -0.2) is 60.4 Å². The Labute approximate surface area is 151 Å². The third-order valence-electron chi connectivity index (χ3n) is 4.66. The Hall–Kier alpha value is -1.73. The van der Waals surface area contributed by atoms with E-state index in [2.05, 4.69) is 5.32 Å². The minimum absolute atomic E-state index is 0. The average molecular weight is 374 g/mol. The monoisotopic (exact) mass is 373 g/mol. The molecule has 0 aromatic heterocycles. The Morgan fingerprint density at radius 1 is 1.00 bits per heavy atom. The van der Waals surface area contributed by atoms with Gasteiger partial charge in [-0.3, -0.25) is 9.59 Å². The number of carbonyl (C=O) groups is 2. The first kappa shape index (κ1) is 19.6. The standard InChI is InChI=1S/C17H21F2N3O2.ClH/c18-12-4-3-5-13(19)15(12)17(24)22-10-8-21(9-11-22)16(23)14-6-1-2-7-20-14;/h3-5,14,20H,1-2,6-11H2;1H. The second-order valence-corrected chi connectivity index (χ2v) is 6.22. The first-order chi connectivity index (χ1) is 11.6. The molecule has 0 spiro atoms. The molecule has 138 valence electrons. The molecule has 0 radical (unpaired) electrons. The van der Waals surface area contributed by atoms with Crippen LogP contribution in [0.3, 0.4) is 0 Å². The normalized spacial score (nSPS) is 20.8. The summed E-state index contributed by atoms with van der Waals surface area (Å²) in [6.45, 7) is 2.19. The van der Waals surface area contributed by atoms with E-state index in [1.54, 1.807) is 4.90 Å². The van der Waals surface area contributed by atoms with Crippen LogP contribution in [0.1, 0.15) is 29.6 Å². The molecular formula is C17H22ClF2N3O2. The number of piperazine rings is 1. The van der Waals surface area contributed by atoms with Gasteiger partial charge in [0.05, 0.1) is 6.04 Å². The topological polar surface area (TPSA) is 52.7 Å². The van der Waals surface area contributed by atoms with Crippen LogP contribution in [0.15, 0.2) is 18.2 Å². The number of nitrogens with zero attached hydrogens (tertiary/aromatic N) is 2. The predicted molar refractivity (Wildman–Crippen MR) is 91.7 cm³/mol. The fraction of sp³-hybridized carbons (Fsp3) is 0.529. The van der Waals surface area contributed by atoms with Gasteiger partial charge in [0.25, 0.3) is 5.91 Å². The van der Waals surface area contributed by atoms with Crippen LogP contribution in [0.25, 0.3) is 0 Å². The van der Waals surface area contributed by atoms with Gasteiger partial charge in [-0.15, -0.1) is 12.4 Å². The lowest BCUT2D eigenvalue weighted by Gasteiger charge is -2.37. The summed E-state index contributed by atoms with van der Waals surface area (Å²) in [4.78, 5) is 27.9. The van der Waals surface area contributed by atoms with Crippen molar-refractivity contribution in [1.82, 2.24) is 15.1 Å². The van der Waals surface area contributed by atoms with E-state index >= 15 is 0 Å². The third kappa shape index (κ3) is 4.27.